The topological polar surface area (TPSA) is 78.7 Å². The molecular weight excluding hydrogens is 260 g/mol. The fourth-order valence-electron chi connectivity index (χ4n) is 0.718. The first-order valence-corrected chi connectivity index (χ1v) is 4.77. The van der Waals surface area contributed by atoms with E-state index in [9.17, 15) is 0 Å². The van der Waals surface area contributed by atoms with E-state index >= 15 is 0 Å². The monoisotopic (exact) mass is 268 g/mol. The van der Waals surface area contributed by atoms with Crippen LogP contribution in [0.15, 0.2) is 30.3 Å². The zero-order valence-corrected chi connectivity index (χ0v) is 9.64. The smallest absolute Gasteiger partial charge is 0.0367 e. The number of benzene rings is 1. The summed E-state index contributed by atoms with van der Waals surface area (Å²) in [5.74, 6) is 0. The van der Waals surface area contributed by atoms with Crippen LogP contribution >= 0.6 is 15.9 Å². The first kappa shape index (κ1) is 15.9. The average Bonchev–Trinajstić information content (AvgIpc) is 2.21. The molecule has 5 heteroatoms. The Bertz CT molecular complexity index is 301. The lowest BCUT2D eigenvalue weighted by molar-refractivity contribution is 0.568. The van der Waals surface area contributed by atoms with E-state index in [2.05, 4.69) is 35.0 Å². The van der Waals surface area contributed by atoms with Gasteiger partial charge in [0, 0.05) is 4.83 Å². The fraction of sp³-hybridized carbons (Fsp3) is 0.200. The van der Waals surface area contributed by atoms with Crippen LogP contribution in [-0.2, 0) is 9.59 Å². The normalized spacial score (nSPS) is 8.93. The van der Waals surface area contributed by atoms with E-state index in [1.54, 1.807) is 0 Å². The van der Waals surface area contributed by atoms with Gasteiger partial charge in [0.25, 0.3) is 0 Å². The van der Waals surface area contributed by atoms with Crippen LogP contribution in [-0.4, -0.2) is 12.2 Å². The van der Waals surface area contributed by atoms with Crippen molar-refractivity contribution in [3.05, 3.63) is 46.7 Å². The second kappa shape index (κ2) is 12.5. The van der Waals surface area contributed by atoms with E-state index in [4.69, 9.17) is 20.4 Å². The Balaban J connectivity index is 0. The molecule has 0 saturated heterocycles. The van der Waals surface area contributed by atoms with Crippen molar-refractivity contribution in [1.82, 2.24) is 0 Å². The second-order valence-electron chi connectivity index (χ2n) is 2.21. The van der Waals surface area contributed by atoms with Crippen molar-refractivity contribution in [2.75, 3.05) is 0 Å². The lowest BCUT2D eigenvalue weighted by atomic mass is 10.2. The van der Waals surface area contributed by atoms with Gasteiger partial charge in [-0.25, -0.2) is 0 Å². The van der Waals surface area contributed by atoms with Crippen molar-refractivity contribution in [2.45, 2.75) is 11.8 Å². The molecule has 0 amide bonds. The Kier molecular flexibility index (Phi) is 13.2. The highest BCUT2D eigenvalue weighted by molar-refractivity contribution is 9.09. The third-order valence-electron chi connectivity index (χ3n) is 1.26. The number of hydrogen-bond donors (Lipinski definition) is 0. The summed E-state index contributed by atoms with van der Waals surface area (Å²) < 4.78 is 0. The first-order chi connectivity index (χ1) is 7.13. The van der Waals surface area contributed by atoms with Crippen molar-refractivity contribution in [1.29, 1.82) is 0 Å². The molecule has 0 spiro atoms. The van der Waals surface area contributed by atoms with Crippen LogP contribution < -0.4 is 0 Å². The third kappa shape index (κ3) is 12.5. The van der Waals surface area contributed by atoms with E-state index in [1.807, 2.05) is 18.2 Å². The Morgan fingerprint density at radius 3 is 1.67 bits per heavy atom. The largest absolute Gasteiger partial charge is 0.724 e. The molecule has 0 aromatic heterocycles. The molecule has 0 aliphatic rings. The van der Waals surface area contributed by atoms with Gasteiger partial charge in [-0.1, -0.05) is 46.3 Å². The minimum absolute atomic E-state index is 0.471. The van der Waals surface area contributed by atoms with Crippen LogP contribution in [0, 0.1) is 0 Å². The van der Waals surface area contributed by atoms with Gasteiger partial charge in [-0.3, -0.25) is 9.59 Å². The molecule has 0 fully saturated rings. The number of hydrogen-bond acceptors (Lipinski definition) is 2. The lowest BCUT2D eigenvalue weighted by Crippen LogP contribution is -1.79. The Morgan fingerprint density at radius 1 is 1.13 bits per heavy atom. The second-order valence-corrected chi connectivity index (χ2v) is 3.58. The SMILES string of the molecule is CC(Br)c1ccccc1.[N-]=C=O.[N-]=C=O. The number of alkyl halides is 1. The van der Waals surface area contributed by atoms with E-state index in [0.717, 1.165) is 0 Å². The molecule has 1 unspecified atom stereocenters. The van der Waals surface area contributed by atoms with Gasteiger partial charge in [-0.2, -0.15) is 0 Å². The molecule has 80 valence electrons. The molecule has 1 atom stereocenters. The predicted molar refractivity (Wildman–Crippen MR) is 61.9 cm³/mol. The Labute approximate surface area is 96.5 Å². The summed E-state index contributed by atoms with van der Waals surface area (Å²) in [6.07, 6.45) is 1.00. The quantitative estimate of drug-likeness (QED) is 0.446. The van der Waals surface area contributed by atoms with E-state index in [-0.39, 0.29) is 0 Å². The van der Waals surface area contributed by atoms with Gasteiger partial charge in [-0.05, 0) is 24.6 Å². The first-order valence-electron chi connectivity index (χ1n) is 3.85. The molecule has 0 N–H and O–H groups in total. The predicted octanol–water partition coefficient (Wildman–Crippen LogP) is 2.93. The fourth-order valence-corrected chi connectivity index (χ4v) is 1.02. The van der Waals surface area contributed by atoms with Crippen LogP contribution in [0.1, 0.15) is 17.3 Å². The van der Waals surface area contributed by atoms with Crippen LogP contribution in [0.2, 0.25) is 0 Å². The van der Waals surface area contributed by atoms with Gasteiger partial charge < -0.3 is 10.8 Å². The van der Waals surface area contributed by atoms with E-state index < -0.39 is 0 Å². The molecule has 0 aliphatic heterocycles. The van der Waals surface area contributed by atoms with Crippen LogP contribution in [0.4, 0.5) is 0 Å². The number of halogens is 1. The Hall–Kier alpha value is -1.54. The molecule has 1 aromatic carbocycles. The highest BCUT2D eigenvalue weighted by Crippen LogP contribution is 2.19. The average molecular weight is 269 g/mol. The maximum absolute atomic E-state index is 8.24. The molecule has 0 aliphatic carbocycles. The summed E-state index contributed by atoms with van der Waals surface area (Å²) in [6, 6.07) is 10.3. The lowest BCUT2D eigenvalue weighted by Gasteiger charge is -1.99. The molecule has 0 bridgehead atoms. The van der Waals surface area contributed by atoms with Gasteiger partial charge in [0.1, 0.15) is 0 Å². The number of rotatable bonds is 1. The summed E-state index contributed by atoms with van der Waals surface area (Å²) in [5, 5.41) is 13.5. The summed E-state index contributed by atoms with van der Waals surface area (Å²) in [5.41, 5.74) is 1.33. The number of carbonyl (C=O) groups excluding carboxylic acids is 2. The summed E-state index contributed by atoms with van der Waals surface area (Å²) in [6.45, 7) is 2.12. The molecule has 1 aromatic rings. The molecule has 0 saturated carbocycles. The maximum atomic E-state index is 8.24. The van der Waals surface area contributed by atoms with Gasteiger partial charge in [0.05, 0.1) is 0 Å². The zero-order valence-electron chi connectivity index (χ0n) is 8.05. The minimum Gasteiger partial charge on any atom is -0.724 e. The van der Waals surface area contributed by atoms with Crippen LogP contribution in [0.3, 0.4) is 0 Å². The van der Waals surface area contributed by atoms with Gasteiger partial charge in [0.15, 0.2) is 0 Å². The van der Waals surface area contributed by atoms with Crippen LogP contribution in [0.25, 0.3) is 10.8 Å². The van der Waals surface area contributed by atoms with E-state index in [0.29, 0.717) is 17.0 Å². The maximum Gasteiger partial charge on any atom is 0.0367 e. The molecule has 15 heavy (non-hydrogen) atoms. The zero-order chi connectivity index (χ0) is 12.1. The van der Waals surface area contributed by atoms with Crippen molar-refractivity contribution >= 4 is 28.1 Å². The van der Waals surface area contributed by atoms with Crippen LogP contribution in [0.5, 0.6) is 0 Å². The highest BCUT2D eigenvalue weighted by atomic mass is 79.9. The summed E-state index contributed by atoms with van der Waals surface area (Å²) in [4.78, 5) is 16.9. The summed E-state index contributed by atoms with van der Waals surface area (Å²) >= 11 is 3.48. The van der Waals surface area contributed by atoms with Crippen molar-refractivity contribution < 1.29 is 9.59 Å². The molecule has 0 radical (unpaired) electrons. The standard InChI is InChI=1S/C8H9Br.2CNO/c1-7(9)8-5-3-2-4-6-8;2*2-1-3/h2-7H,1H3;;/q;2*-1. The third-order valence-corrected chi connectivity index (χ3v) is 1.79. The van der Waals surface area contributed by atoms with Crippen molar-refractivity contribution in [2.24, 2.45) is 0 Å². The molecule has 4 nitrogen and oxygen atoms in total. The summed E-state index contributed by atoms with van der Waals surface area (Å²) in [7, 11) is 0. The van der Waals surface area contributed by atoms with Crippen molar-refractivity contribution in [3.63, 3.8) is 0 Å². The van der Waals surface area contributed by atoms with Gasteiger partial charge >= 0.3 is 0 Å². The van der Waals surface area contributed by atoms with Gasteiger partial charge in [-0.15, -0.1) is 0 Å². The van der Waals surface area contributed by atoms with Gasteiger partial charge in [0.2, 0.25) is 0 Å². The molecule has 1 rings (SSSR count). The van der Waals surface area contributed by atoms with E-state index in [1.165, 1.54) is 5.56 Å². The Morgan fingerprint density at radius 2 is 1.47 bits per heavy atom. The molecular formula is C10H9BrN2O2-2. The number of isocyanates is 2. The minimum atomic E-state index is 0.471. The highest BCUT2D eigenvalue weighted by Gasteiger charge is 1.95. The number of nitrogens with zero attached hydrogens (tertiary/aromatic N) is 2. The van der Waals surface area contributed by atoms with Crippen molar-refractivity contribution in [3.8, 4) is 0 Å². The molecule has 0 heterocycles.